The molecule has 1 N–H and O–H groups in total. The Bertz CT molecular complexity index is 604. The molecular formula is C13H14N2O5S. The molecule has 0 bridgehead atoms. The fourth-order valence-electron chi connectivity index (χ4n) is 2.28. The third kappa shape index (κ3) is 2.99. The van der Waals surface area contributed by atoms with Crippen LogP contribution < -0.4 is 0 Å². The Hall–Kier alpha value is -2.09. The number of aryl methyl sites for hydroxylation is 1. The largest absolute Gasteiger partial charge is 0.480 e. The van der Waals surface area contributed by atoms with E-state index in [1.165, 1.54) is 22.7 Å². The Kier molecular flexibility index (Phi) is 4.46. The number of carboxylic acid groups (broad SMARTS) is 1. The molecule has 1 unspecified atom stereocenters. The Morgan fingerprint density at radius 3 is 2.81 bits per heavy atom. The molecule has 0 aliphatic carbocycles. The maximum absolute atomic E-state index is 12.5. The van der Waals surface area contributed by atoms with Crippen LogP contribution in [0.5, 0.6) is 0 Å². The first kappa shape index (κ1) is 15.3. The van der Waals surface area contributed by atoms with E-state index in [0.717, 1.165) is 0 Å². The summed E-state index contributed by atoms with van der Waals surface area (Å²) >= 11 is 1.45. The molecule has 1 amide bonds. The minimum Gasteiger partial charge on any atom is -0.480 e. The Morgan fingerprint density at radius 2 is 2.19 bits per heavy atom. The number of amides is 1. The van der Waals surface area contributed by atoms with Crippen LogP contribution in [0.2, 0.25) is 0 Å². The van der Waals surface area contributed by atoms with Gasteiger partial charge in [0.1, 0.15) is 11.6 Å². The molecule has 1 fully saturated rings. The average molecular weight is 310 g/mol. The number of nitrogens with zero attached hydrogens (tertiary/aromatic N) is 2. The van der Waals surface area contributed by atoms with Crippen molar-refractivity contribution in [1.29, 1.82) is 0 Å². The Labute approximate surface area is 125 Å². The van der Waals surface area contributed by atoms with Crippen molar-refractivity contribution in [1.82, 2.24) is 4.90 Å². The number of thioether (sulfide) groups is 1. The van der Waals surface area contributed by atoms with Gasteiger partial charge in [0.2, 0.25) is 0 Å². The monoisotopic (exact) mass is 310 g/mol. The molecule has 0 spiro atoms. The molecule has 8 heteroatoms. The lowest BCUT2D eigenvalue weighted by molar-refractivity contribution is -0.385. The van der Waals surface area contributed by atoms with Crippen LogP contribution in [0.1, 0.15) is 15.9 Å². The van der Waals surface area contributed by atoms with Crippen molar-refractivity contribution in [3.05, 3.63) is 39.4 Å². The highest BCUT2D eigenvalue weighted by molar-refractivity contribution is 7.99. The van der Waals surface area contributed by atoms with Crippen LogP contribution >= 0.6 is 11.8 Å². The first-order valence-corrected chi connectivity index (χ1v) is 7.44. The minimum absolute atomic E-state index is 0.0573. The lowest BCUT2D eigenvalue weighted by Crippen LogP contribution is -2.50. The highest BCUT2D eigenvalue weighted by atomic mass is 32.2. The van der Waals surface area contributed by atoms with Gasteiger partial charge in [-0.1, -0.05) is 12.1 Å². The zero-order chi connectivity index (χ0) is 15.6. The van der Waals surface area contributed by atoms with Gasteiger partial charge in [0, 0.05) is 23.6 Å². The molecule has 1 aromatic rings. The summed E-state index contributed by atoms with van der Waals surface area (Å²) < 4.78 is 0. The van der Waals surface area contributed by atoms with Crippen LogP contribution in [-0.4, -0.2) is 50.9 Å². The van der Waals surface area contributed by atoms with Gasteiger partial charge >= 0.3 is 5.97 Å². The van der Waals surface area contributed by atoms with Gasteiger partial charge in [-0.15, -0.1) is 0 Å². The van der Waals surface area contributed by atoms with Crippen molar-refractivity contribution in [2.24, 2.45) is 0 Å². The number of carbonyl (C=O) groups excluding carboxylic acids is 1. The van der Waals surface area contributed by atoms with Crippen LogP contribution in [0.25, 0.3) is 0 Å². The van der Waals surface area contributed by atoms with E-state index in [4.69, 9.17) is 0 Å². The number of nitro groups is 1. The van der Waals surface area contributed by atoms with E-state index < -0.39 is 22.8 Å². The molecule has 2 rings (SSSR count). The van der Waals surface area contributed by atoms with Crippen LogP contribution in [0.3, 0.4) is 0 Å². The van der Waals surface area contributed by atoms with E-state index in [-0.39, 0.29) is 17.8 Å². The van der Waals surface area contributed by atoms with Crippen molar-refractivity contribution in [2.45, 2.75) is 13.0 Å². The van der Waals surface area contributed by atoms with Gasteiger partial charge in [-0.25, -0.2) is 4.79 Å². The number of carbonyl (C=O) groups is 2. The number of carboxylic acids is 1. The Morgan fingerprint density at radius 1 is 1.48 bits per heavy atom. The maximum Gasteiger partial charge on any atom is 0.327 e. The number of para-hydroxylation sites is 1. The maximum atomic E-state index is 12.5. The second kappa shape index (κ2) is 6.13. The van der Waals surface area contributed by atoms with Crippen LogP contribution in [0.15, 0.2) is 18.2 Å². The topological polar surface area (TPSA) is 101 Å². The molecular weight excluding hydrogens is 296 g/mol. The second-order valence-corrected chi connectivity index (χ2v) is 5.81. The fourth-order valence-corrected chi connectivity index (χ4v) is 3.32. The van der Waals surface area contributed by atoms with Crippen molar-refractivity contribution >= 4 is 29.3 Å². The molecule has 0 radical (unpaired) electrons. The lowest BCUT2D eigenvalue weighted by atomic mass is 10.1. The summed E-state index contributed by atoms with van der Waals surface area (Å²) in [6, 6.07) is 3.53. The van der Waals surface area contributed by atoms with E-state index in [1.54, 1.807) is 19.1 Å². The van der Waals surface area contributed by atoms with Crippen molar-refractivity contribution in [2.75, 3.05) is 18.1 Å². The van der Waals surface area contributed by atoms with Gasteiger partial charge < -0.3 is 10.0 Å². The number of rotatable bonds is 3. The van der Waals surface area contributed by atoms with Gasteiger partial charge in [-0.3, -0.25) is 14.9 Å². The number of nitro benzene ring substituents is 1. The zero-order valence-electron chi connectivity index (χ0n) is 11.3. The number of hydrogen-bond acceptors (Lipinski definition) is 5. The van der Waals surface area contributed by atoms with Crippen molar-refractivity contribution in [3.8, 4) is 0 Å². The van der Waals surface area contributed by atoms with Gasteiger partial charge in [-0.2, -0.15) is 11.8 Å². The summed E-state index contributed by atoms with van der Waals surface area (Å²) in [4.78, 5) is 35.6. The van der Waals surface area contributed by atoms with E-state index >= 15 is 0 Å². The molecule has 0 saturated carbocycles. The van der Waals surface area contributed by atoms with E-state index in [2.05, 4.69) is 0 Å². The summed E-state index contributed by atoms with van der Waals surface area (Å²) in [5.41, 5.74) is 0.0622. The predicted molar refractivity (Wildman–Crippen MR) is 77.6 cm³/mol. The standard InChI is InChI=1S/C13H14N2O5S/c1-8-3-2-4-9(11(8)15(19)20)12(16)14-5-6-21-7-10(14)13(17)18/h2-4,10H,5-7H2,1H3,(H,17,18). The Balaban J connectivity index is 2.42. The van der Waals surface area contributed by atoms with Crippen molar-refractivity contribution < 1.29 is 19.6 Å². The number of aliphatic carboxylic acids is 1. The molecule has 1 aliphatic heterocycles. The molecule has 7 nitrogen and oxygen atoms in total. The third-order valence-corrected chi connectivity index (χ3v) is 4.35. The van der Waals surface area contributed by atoms with E-state index in [1.807, 2.05) is 0 Å². The van der Waals surface area contributed by atoms with Crippen molar-refractivity contribution in [3.63, 3.8) is 0 Å². The highest BCUT2D eigenvalue weighted by Gasteiger charge is 2.35. The summed E-state index contributed by atoms with van der Waals surface area (Å²) in [7, 11) is 0. The van der Waals surface area contributed by atoms with E-state index in [9.17, 15) is 24.8 Å². The smallest absolute Gasteiger partial charge is 0.327 e. The predicted octanol–water partition coefficient (Wildman–Crippen LogP) is 1.55. The van der Waals surface area contributed by atoms with Gasteiger partial charge in [0.15, 0.2) is 0 Å². The SMILES string of the molecule is Cc1cccc(C(=O)N2CCSCC2C(=O)O)c1[N+](=O)[O-]. The highest BCUT2D eigenvalue weighted by Crippen LogP contribution is 2.27. The van der Waals surface area contributed by atoms with Gasteiger partial charge in [0.05, 0.1) is 4.92 Å². The quantitative estimate of drug-likeness (QED) is 0.671. The van der Waals surface area contributed by atoms with Crippen LogP contribution in [0, 0.1) is 17.0 Å². The molecule has 112 valence electrons. The summed E-state index contributed by atoms with van der Waals surface area (Å²) in [6.07, 6.45) is 0. The molecule has 21 heavy (non-hydrogen) atoms. The molecule has 1 aliphatic rings. The molecule has 1 atom stereocenters. The van der Waals surface area contributed by atoms with Gasteiger partial charge in [-0.05, 0) is 13.0 Å². The molecule has 1 heterocycles. The average Bonchev–Trinajstić information content (AvgIpc) is 2.45. The molecule has 1 aromatic carbocycles. The first-order chi connectivity index (χ1) is 9.93. The molecule has 1 saturated heterocycles. The van der Waals surface area contributed by atoms with Crippen LogP contribution in [0.4, 0.5) is 5.69 Å². The normalized spacial score (nSPS) is 18.3. The number of benzene rings is 1. The zero-order valence-corrected chi connectivity index (χ0v) is 12.1. The third-order valence-electron chi connectivity index (χ3n) is 3.33. The van der Waals surface area contributed by atoms with Gasteiger partial charge in [0.25, 0.3) is 11.6 Å². The number of hydrogen-bond donors (Lipinski definition) is 1. The summed E-state index contributed by atoms with van der Waals surface area (Å²) in [6.45, 7) is 1.82. The van der Waals surface area contributed by atoms with E-state index in [0.29, 0.717) is 17.1 Å². The fraction of sp³-hybridized carbons (Fsp3) is 0.385. The van der Waals surface area contributed by atoms with Crippen LogP contribution in [-0.2, 0) is 4.79 Å². The first-order valence-electron chi connectivity index (χ1n) is 6.29. The second-order valence-electron chi connectivity index (χ2n) is 4.66. The summed E-state index contributed by atoms with van der Waals surface area (Å²) in [5, 5.41) is 20.4. The summed E-state index contributed by atoms with van der Waals surface area (Å²) in [5.74, 6) is -0.778. The lowest BCUT2D eigenvalue weighted by Gasteiger charge is -2.32. The minimum atomic E-state index is -1.09. The molecule has 0 aromatic heterocycles.